The van der Waals surface area contributed by atoms with Crippen molar-refractivity contribution >= 4 is 11.3 Å². The smallest absolute Gasteiger partial charge is 0.0813 e. The molecule has 1 aromatic heterocycles. The molecule has 0 saturated heterocycles. The molecule has 15 heavy (non-hydrogen) atoms. The van der Waals surface area contributed by atoms with Crippen molar-refractivity contribution in [3.05, 3.63) is 22.4 Å². The molecule has 0 aliphatic heterocycles. The Hall–Kier alpha value is -0.380. The van der Waals surface area contributed by atoms with Gasteiger partial charge in [-0.3, -0.25) is 4.84 Å². The van der Waals surface area contributed by atoms with Crippen molar-refractivity contribution in [2.24, 2.45) is 5.92 Å². The zero-order valence-electron chi connectivity index (χ0n) is 9.62. The van der Waals surface area contributed by atoms with Gasteiger partial charge in [0.05, 0.1) is 11.6 Å². The van der Waals surface area contributed by atoms with Crippen LogP contribution < -0.4 is 5.48 Å². The highest BCUT2D eigenvalue weighted by Gasteiger charge is 2.33. The number of nitrogens with one attached hydrogen (secondary N) is 1. The zero-order valence-corrected chi connectivity index (χ0v) is 10.4. The molecule has 1 saturated carbocycles. The molecule has 1 N–H and O–H groups in total. The second-order valence-electron chi connectivity index (χ2n) is 5.16. The van der Waals surface area contributed by atoms with Crippen molar-refractivity contribution in [1.82, 2.24) is 5.48 Å². The Bertz CT molecular complexity index is 298. The quantitative estimate of drug-likeness (QED) is 0.792. The van der Waals surface area contributed by atoms with Crippen LogP contribution in [-0.2, 0) is 4.84 Å². The van der Waals surface area contributed by atoms with E-state index in [-0.39, 0.29) is 5.60 Å². The maximum atomic E-state index is 5.67. The van der Waals surface area contributed by atoms with Crippen LogP contribution in [0.5, 0.6) is 0 Å². The van der Waals surface area contributed by atoms with E-state index in [1.54, 1.807) is 0 Å². The van der Waals surface area contributed by atoms with Gasteiger partial charge in [-0.15, -0.1) is 11.3 Å². The molecule has 1 fully saturated rings. The first-order chi connectivity index (χ1) is 7.06. The highest BCUT2D eigenvalue weighted by molar-refractivity contribution is 7.10. The van der Waals surface area contributed by atoms with E-state index in [4.69, 9.17) is 4.84 Å². The summed E-state index contributed by atoms with van der Waals surface area (Å²) in [4.78, 5) is 7.06. The lowest BCUT2D eigenvalue weighted by Gasteiger charge is -2.24. The third-order valence-corrected chi connectivity index (χ3v) is 3.39. The van der Waals surface area contributed by atoms with Crippen molar-refractivity contribution in [1.29, 1.82) is 0 Å². The normalized spacial score (nSPS) is 19.1. The summed E-state index contributed by atoms with van der Waals surface area (Å²) < 4.78 is 0. The number of hydroxylamine groups is 1. The predicted molar refractivity (Wildman–Crippen MR) is 63.8 cm³/mol. The highest BCUT2D eigenvalue weighted by Crippen LogP contribution is 2.42. The lowest BCUT2D eigenvalue weighted by atomic mass is 10.1. The fourth-order valence-corrected chi connectivity index (χ4v) is 2.38. The Labute approximate surface area is 95.6 Å². The van der Waals surface area contributed by atoms with Crippen LogP contribution in [0.15, 0.2) is 17.5 Å². The van der Waals surface area contributed by atoms with Gasteiger partial charge < -0.3 is 0 Å². The first-order valence-electron chi connectivity index (χ1n) is 5.53. The van der Waals surface area contributed by atoms with Crippen molar-refractivity contribution in [3.8, 4) is 0 Å². The van der Waals surface area contributed by atoms with Crippen molar-refractivity contribution in [2.75, 3.05) is 0 Å². The maximum absolute atomic E-state index is 5.67. The van der Waals surface area contributed by atoms with E-state index >= 15 is 0 Å². The van der Waals surface area contributed by atoms with E-state index in [2.05, 4.69) is 43.8 Å². The minimum Gasteiger partial charge on any atom is -0.295 e. The molecule has 2 rings (SSSR count). The van der Waals surface area contributed by atoms with Crippen molar-refractivity contribution < 1.29 is 4.84 Å². The molecule has 0 aromatic carbocycles. The van der Waals surface area contributed by atoms with E-state index in [1.165, 1.54) is 17.7 Å². The molecule has 0 spiro atoms. The number of hydrogen-bond donors (Lipinski definition) is 1. The van der Waals surface area contributed by atoms with E-state index in [9.17, 15) is 0 Å². The predicted octanol–water partition coefficient (Wildman–Crippen LogP) is 3.52. The monoisotopic (exact) mass is 225 g/mol. The summed E-state index contributed by atoms with van der Waals surface area (Å²) in [7, 11) is 0. The van der Waals surface area contributed by atoms with Gasteiger partial charge in [-0.25, -0.2) is 0 Å². The van der Waals surface area contributed by atoms with Gasteiger partial charge in [0.15, 0.2) is 0 Å². The van der Waals surface area contributed by atoms with Gasteiger partial charge in [-0.1, -0.05) is 6.07 Å². The van der Waals surface area contributed by atoms with Gasteiger partial charge in [0, 0.05) is 4.88 Å². The Morgan fingerprint density at radius 2 is 2.20 bits per heavy atom. The van der Waals surface area contributed by atoms with Crippen LogP contribution in [-0.4, -0.2) is 5.60 Å². The van der Waals surface area contributed by atoms with Crippen LogP contribution in [0.1, 0.15) is 44.5 Å². The third-order valence-electron chi connectivity index (χ3n) is 2.44. The summed E-state index contributed by atoms with van der Waals surface area (Å²) in [6.07, 6.45) is 2.64. The number of hydrogen-bond acceptors (Lipinski definition) is 3. The standard InChI is InChI=1S/C12H19NOS/c1-12(2,3)14-13-11(9-6-7-9)10-5-4-8-15-10/h4-5,8-9,11,13H,6-7H2,1-3H3. The molecular weight excluding hydrogens is 206 g/mol. The van der Waals surface area contributed by atoms with Crippen molar-refractivity contribution in [2.45, 2.75) is 45.3 Å². The Balaban J connectivity index is 1.96. The molecule has 84 valence electrons. The Kier molecular flexibility index (Phi) is 3.14. The third kappa shape index (κ3) is 3.30. The molecule has 1 aliphatic carbocycles. The largest absolute Gasteiger partial charge is 0.295 e. The van der Waals surface area contributed by atoms with Crippen LogP contribution in [0.3, 0.4) is 0 Å². The van der Waals surface area contributed by atoms with Crippen LogP contribution in [0.2, 0.25) is 0 Å². The molecular formula is C12H19NOS. The lowest BCUT2D eigenvalue weighted by Crippen LogP contribution is -2.32. The molecule has 1 aliphatic rings. The summed E-state index contributed by atoms with van der Waals surface area (Å²) in [5.74, 6) is 0.769. The van der Waals surface area contributed by atoms with E-state index < -0.39 is 0 Å². The van der Waals surface area contributed by atoms with E-state index in [0.717, 1.165) is 5.92 Å². The molecule has 0 amide bonds. The topological polar surface area (TPSA) is 21.3 Å². The van der Waals surface area contributed by atoms with Crippen LogP contribution in [0, 0.1) is 5.92 Å². The average Bonchev–Trinajstić information content (AvgIpc) is 2.80. The van der Waals surface area contributed by atoms with E-state index in [1.807, 2.05) is 11.3 Å². The molecule has 1 unspecified atom stereocenters. The van der Waals surface area contributed by atoms with Crippen LogP contribution >= 0.6 is 11.3 Å². The zero-order chi connectivity index (χ0) is 10.9. The highest BCUT2D eigenvalue weighted by atomic mass is 32.1. The number of thiophene rings is 1. The van der Waals surface area contributed by atoms with Crippen molar-refractivity contribution in [3.63, 3.8) is 0 Å². The molecule has 1 heterocycles. The number of rotatable bonds is 4. The van der Waals surface area contributed by atoms with Crippen LogP contribution in [0.4, 0.5) is 0 Å². The first-order valence-corrected chi connectivity index (χ1v) is 6.41. The molecule has 0 radical (unpaired) electrons. The van der Waals surface area contributed by atoms with Gasteiger partial charge >= 0.3 is 0 Å². The Morgan fingerprint density at radius 3 is 2.67 bits per heavy atom. The summed E-state index contributed by atoms with van der Waals surface area (Å²) in [6, 6.07) is 4.69. The second kappa shape index (κ2) is 4.24. The molecule has 2 nitrogen and oxygen atoms in total. The fraction of sp³-hybridized carbons (Fsp3) is 0.667. The second-order valence-corrected chi connectivity index (χ2v) is 6.14. The first kappa shape index (κ1) is 11.1. The minimum atomic E-state index is -0.121. The van der Waals surface area contributed by atoms with Gasteiger partial charge in [0.1, 0.15) is 0 Å². The van der Waals surface area contributed by atoms with Gasteiger partial charge in [-0.05, 0) is 51.0 Å². The summed E-state index contributed by atoms with van der Waals surface area (Å²) in [5.41, 5.74) is 3.11. The molecule has 3 heteroatoms. The molecule has 0 bridgehead atoms. The van der Waals surface area contributed by atoms with Gasteiger partial charge in [0.2, 0.25) is 0 Å². The van der Waals surface area contributed by atoms with Gasteiger partial charge in [0.25, 0.3) is 0 Å². The van der Waals surface area contributed by atoms with Gasteiger partial charge in [-0.2, -0.15) is 5.48 Å². The molecule has 1 atom stereocenters. The minimum absolute atomic E-state index is 0.121. The lowest BCUT2D eigenvalue weighted by molar-refractivity contribution is -0.0917. The van der Waals surface area contributed by atoms with E-state index in [0.29, 0.717) is 6.04 Å². The van der Waals surface area contributed by atoms with Crippen LogP contribution in [0.25, 0.3) is 0 Å². The summed E-state index contributed by atoms with van der Waals surface area (Å²) in [6.45, 7) is 6.20. The summed E-state index contributed by atoms with van der Waals surface area (Å²) >= 11 is 1.81. The maximum Gasteiger partial charge on any atom is 0.0813 e. The fourth-order valence-electron chi connectivity index (χ4n) is 1.52. The summed E-state index contributed by atoms with van der Waals surface area (Å²) in [5, 5.41) is 2.13. The Morgan fingerprint density at radius 1 is 1.47 bits per heavy atom. The molecule has 1 aromatic rings. The SMILES string of the molecule is CC(C)(C)ONC(c1cccs1)C1CC1. The average molecular weight is 225 g/mol.